The molecule has 0 fully saturated rings. The summed E-state index contributed by atoms with van der Waals surface area (Å²) in [5.74, 6) is -0.266. The number of para-hydroxylation sites is 1. The van der Waals surface area contributed by atoms with Crippen molar-refractivity contribution in [1.82, 2.24) is 9.36 Å². The highest BCUT2D eigenvalue weighted by Crippen LogP contribution is 2.29. The van der Waals surface area contributed by atoms with Crippen LogP contribution >= 0.6 is 0 Å². The summed E-state index contributed by atoms with van der Waals surface area (Å²) < 4.78 is 3.49. The number of aromatic nitrogens is 2. The second-order valence-electron chi connectivity index (χ2n) is 5.44. The maximum Gasteiger partial charge on any atom is 0.291 e. The van der Waals surface area contributed by atoms with Gasteiger partial charge in [-0.2, -0.15) is 0 Å². The molecular formula is C19H19N3O2. The first-order valence-corrected chi connectivity index (χ1v) is 7.87. The zero-order valence-electron chi connectivity index (χ0n) is 13.7. The molecule has 5 nitrogen and oxygen atoms in total. The van der Waals surface area contributed by atoms with Crippen LogP contribution in [0, 0.1) is 0 Å². The van der Waals surface area contributed by atoms with Crippen molar-refractivity contribution in [2.45, 2.75) is 20.4 Å². The smallest absolute Gasteiger partial charge is 0.291 e. The summed E-state index contributed by atoms with van der Waals surface area (Å²) in [6.45, 7) is 3.81. The van der Waals surface area contributed by atoms with Crippen LogP contribution in [0.2, 0.25) is 0 Å². The van der Waals surface area contributed by atoms with Gasteiger partial charge in [0.25, 0.3) is 5.56 Å². The van der Waals surface area contributed by atoms with Gasteiger partial charge in [-0.3, -0.25) is 9.59 Å². The van der Waals surface area contributed by atoms with Gasteiger partial charge < -0.3 is 5.32 Å². The van der Waals surface area contributed by atoms with E-state index in [2.05, 4.69) is 5.32 Å². The molecule has 0 spiro atoms. The summed E-state index contributed by atoms with van der Waals surface area (Å²) in [7, 11) is 0. The van der Waals surface area contributed by atoms with Gasteiger partial charge in [-0.05, 0) is 19.1 Å². The number of rotatable bonds is 4. The van der Waals surface area contributed by atoms with E-state index in [1.54, 1.807) is 4.68 Å². The number of carbonyl (C=O) groups is 1. The quantitative estimate of drug-likeness (QED) is 0.802. The molecule has 2 aromatic carbocycles. The van der Waals surface area contributed by atoms with Crippen LogP contribution in [0.25, 0.3) is 16.9 Å². The molecule has 1 N–H and O–H groups in total. The van der Waals surface area contributed by atoms with E-state index in [1.807, 2.05) is 72.3 Å². The molecule has 0 aliphatic carbocycles. The Hall–Kier alpha value is -3.08. The minimum Gasteiger partial charge on any atom is -0.320 e. The number of hydrogen-bond acceptors (Lipinski definition) is 2. The third kappa shape index (κ3) is 2.76. The fourth-order valence-electron chi connectivity index (χ4n) is 2.82. The summed E-state index contributed by atoms with van der Waals surface area (Å²) in [5, 5.41) is 2.71. The molecule has 0 saturated carbocycles. The summed E-state index contributed by atoms with van der Waals surface area (Å²) in [5.41, 5.74) is 2.51. The zero-order chi connectivity index (χ0) is 17.1. The summed E-state index contributed by atoms with van der Waals surface area (Å²) >= 11 is 0. The van der Waals surface area contributed by atoms with Gasteiger partial charge in [-0.1, -0.05) is 48.5 Å². The van der Waals surface area contributed by atoms with E-state index in [1.165, 1.54) is 6.92 Å². The minimum absolute atomic E-state index is 0.213. The monoisotopic (exact) mass is 321 g/mol. The van der Waals surface area contributed by atoms with Crippen LogP contribution in [0.15, 0.2) is 65.5 Å². The Balaban J connectivity index is 2.38. The molecule has 0 atom stereocenters. The van der Waals surface area contributed by atoms with Gasteiger partial charge in [0.15, 0.2) is 0 Å². The van der Waals surface area contributed by atoms with E-state index < -0.39 is 0 Å². The zero-order valence-corrected chi connectivity index (χ0v) is 13.7. The Morgan fingerprint density at radius 3 is 2.12 bits per heavy atom. The van der Waals surface area contributed by atoms with E-state index in [9.17, 15) is 9.59 Å². The maximum absolute atomic E-state index is 12.9. The first-order chi connectivity index (χ1) is 11.6. The average Bonchev–Trinajstić information content (AvgIpc) is 2.88. The van der Waals surface area contributed by atoms with Crippen molar-refractivity contribution in [3.05, 3.63) is 71.0 Å². The molecule has 0 radical (unpaired) electrons. The van der Waals surface area contributed by atoms with Crippen molar-refractivity contribution in [2.24, 2.45) is 0 Å². The second-order valence-corrected chi connectivity index (χ2v) is 5.44. The van der Waals surface area contributed by atoms with E-state index in [-0.39, 0.29) is 11.5 Å². The summed E-state index contributed by atoms with van der Waals surface area (Å²) in [4.78, 5) is 24.5. The Bertz CT molecular complexity index is 909. The first kappa shape index (κ1) is 15.8. The van der Waals surface area contributed by atoms with Gasteiger partial charge in [0.05, 0.1) is 11.4 Å². The number of benzene rings is 2. The van der Waals surface area contributed by atoms with Crippen molar-refractivity contribution in [2.75, 3.05) is 5.32 Å². The summed E-state index contributed by atoms with van der Waals surface area (Å²) in [6.07, 6.45) is 0. The topological polar surface area (TPSA) is 56.0 Å². The Labute approximate surface area is 140 Å². The van der Waals surface area contributed by atoms with Crippen LogP contribution < -0.4 is 10.9 Å². The number of anilines is 1. The fourth-order valence-corrected chi connectivity index (χ4v) is 2.82. The van der Waals surface area contributed by atoms with E-state index >= 15 is 0 Å². The third-order valence-corrected chi connectivity index (χ3v) is 3.79. The molecular weight excluding hydrogens is 302 g/mol. The van der Waals surface area contributed by atoms with Crippen molar-refractivity contribution in [3.63, 3.8) is 0 Å². The van der Waals surface area contributed by atoms with Crippen molar-refractivity contribution in [1.29, 1.82) is 0 Å². The first-order valence-electron chi connectivity index (χ1n) is 7.87. The number of nitrogens with one attached hydrogen (secondary N) is 1. The maximum atomic E-state index is 12.9. The normalized spacial score (nSPS) is 10.6. The second kappa shape index (κ2) is 6.58. The molecule has 3 aromatic rings. The lowest BCUT2D eigenvalue weighted by Gasteiger charge is -2.14. The fraction of sp³-hybridized carbons (Fsp3) is 0.158. The SMILES string of the molecule is CCn1c(=O)c(NC(C)=O)c(-c2ccccc2)n1-c1ccccc1. The Morgan fingerprint density at radius 2 is 1.58 bits per heavy atom. The van der Waals surface area contributed by atoms with Crippen molar-refractivity contribution in [3.8, 4) is 16.9 Å². The lowest BCUT2D eigenvalue weighted by molar-refractivity contribution is -0.114. The Kier molecular flexibility index (Phi) is 4.33. The van der Waals surface area contributed by atoms with Gasteiger partial charge in [-0.15, -0.1) is 0 Å². The molecule has 1 amide bonds. The van der Waals surface area contributed by atoms with Crippen LogP contribution in [-0.4, -0.2) is 15.3 Å². The molecule has 0 aliphatic rings. The summed E-state index contributed by atoms with van der Waals surface area (Å²) in [6, 6.07) is 19.3. The molecule has 5 heteroatoms. The highest BCUT2D eigenvalue weighted by molar-refractivity contribution is 5.93. The molecule has 3 rings (SSSR count). The number of hydrogen-bond donors (Lipinski definition) is 1. The largest absolute Gasteiger partial charge is 0.320 e. The standard InChI is InChI=1S/C19H19N3O2/c1-3-21-19(24)17(20-14(2)23)18(15-10-6-4-7-11-15)22(21)16-12-8-5-9-13-16/h4-13H,3H2,1-2H3,(H,20,23). The molecule has 1 aromatic heterocycles. The van der Waals surface area contributed by atoms with Gasteiger partial charge in [0.2, 0.25) is 5.91 Å². The van der Waals surface area contributed by atoms with Gasteiger partial charge in [0, 0.05) is 19.0 Å². The molecule has 0 saturated heterocycles. The van der Waals surface area contributed by atoms with Gasteiger partial charge >= 0.3 is 0 Å². The number of nitrogens with zero attached hydrogens (tertiary/aromatic N) is 2. The highest BCUT2D eigenvalue weighted by atomic mass is 16.2. The van der Waals surface area contributed by atoms with Crippen LogP contribution in [0.1, 0.15) is 13.8 Å². The van der Waals surface area contributed by atoms with E-state index in [0.29, 0.717) is 17.9 Å². The molecule has 0 aliphatic heterocycles. The van der Waals surface area contributed by atoms with Crippen LogP contribution in [0.3, 0.4) is 0 Å². The number of carbonyl (C=O) groups excluding carboxylic acids is 1. The lowest BCUT2D eigenvalue weighted by atomic mass is 10.1. The number of amides is 1. The molecule has 1 heterocycles. The molecule has 122 valence electrons. The van der Waals surface area contributed by atoms with Gasteiger partial charge in [0.1, 0.15) is 5.69 Å². The molecule has 0 bridgehead atoms. The van der Waals surface area contributed by atoms with E-state index in [0.717, 1.165) is 11.3 Å². The van der Waals surface area contributed by atoms with Crippen LogP contribution in [0.5, 0.6) is 0 Å². The van der Waals surface area contributed by atoms with Gasteiger partial charge in [-0.25, -0.2) is 9.36 Å². The average molecular weight is 321 g/mol. The van der Waals surface area contributed by atoms with Crippen LogP contribution in [-0.2, 0) is 11.3 Å². The third-order valence-electron chi connectivity index (χ3n) is 3.79. The Morgan fingerprint density at radius 1 is 1.00 bits per heavy atom. The molecule has 24 heavy (non-hydrogen) atoms. The highest BCUT2D eigenvalue weighted by Gasteiger charge is 2.22. The van der Waals surface area contributed by atoms with Crippen molar-refractivity contribution < 1.29 is 4.79 Å². The van der Waals surface area contributed by atoms with Crippen LogP contribution in [0.4, 0.5) is 5.69 Å². The van der Waals surface area contributed by atoms with Crippen molar-refractivity contribution >= 4 is 11.6 Å². The lowest BCUT2D eigenvalue weighted by Crippen LogP contribution is -2.23. The van der Waals surface area contributed by atoms with E-state index in [4.69, 9.17) is 0 Å². The predicted molar refractivity (Wildman–Crippen MR) is 95.4 cm³/mol. The molecule has 0 unspecified atom stereocenters. The minimum atomic E-state index is -0.266. The predicted octanol–water partition coefficient (Wildman–Crippen LogP) is 3.28.